The first-order valence-electron chi connectivity index (χ1n) is 6.23. The van der Waals surface area contributed by atoms with Gasteiger partial charge in [-0.2, -0.15) is 0 Å². The first-order chi connectivity index (χ1) is 9.15. The van der Waals surface area contributed by atoms with Crippen LogP contribution in [-0.4, -0.2) is 32.8 Å². The molecule has 0 aliphatic rings. The molecule has 0 radical (unpaired) electrons. The Kier molecular flexibility index (Phi) is 6.92. The molecular formula is C14H21NO4. The van der Waals surface area contributed by atoms with Crippen molar-refractivity contribution in [2.24, 2.45) is 0 Å². The van der Waals surface area contributed by atoms with Crippen molar-refractivity contribution in [3.63, 3.8) is 0 Å². The number of nitrogens with one attached hydrogen (secondary N) is 1. The molecule has 0 bridgehead atoms. The van der Waals surface area contributed by atoms with Crippen LogP contribution in [0.3, 0.4) is 0 Å². The number of benzene rings is 1. The lowest BCUT2D eigenvalue weighted by Gasteiger charge is -2.10. The number of carbonyl (C=O) groups excluding carboxylic acids is 1. The minimum atomic E-state index is -0.207. The van der Waals surface area contributed by atoms with Gasteiger partial charge < -0.3 is 9.47 Å². The minimum absolute atomic E-state index is 0.207. The van der Waals surface area contributed by atoms with Crippen molar-refractivity contribution >= 4 is 5.91 Å². The monoisotopic (exact) mass is 267 g/mol. The Morgan fingerprint density at radius 1 is 1.21 bits per heavy atom. The normalized spacial score (nSPS) is 10.3. The summed E-state index contributed by atoms with van der Waals surface area (Å²) >= 11 is 0. The number of hydrogen-bond acceptors (Lipinski definition) is 4. The Balaban J connectivity index is 2.23. The number of methoxy groups -OCH3 is 1. The van der Waals surface area contributed by atoms with Crippen molar-refractivity contribution in [2.75, 3.05) is 26.9 Å². The van der Waals surface area contributed by atoms with Crippen LogP contribution in [0.1, 0.15) is 17.5 Å². The summed E-state index contributed by atoms with van der Waals surface area (Å²) in [5.74, 6) is 0.606. The van der Waals surface area contributed by atoms with Crippen molar-refractivity contribution in [3.8, 4) is 5.75 Å². The Morgan fingerprint density at radius 3 is 2.74 bits per heavy atom. The third kappa shape index (κ3) is 5.72. The zero-order valence-electron chi connectivity index (χ0n) is 11.7. The van der Waals surface area contributed by atoms with Crippen LogP contribution in [-0.2, 0) is 14.4 Å². The molecule has 0 unspecified atom stereocenters. The summed E-state index contributed by atoms with van der Waals surface area (Å²) in [5.41, 5.74) is 4.60. The molecule has 5 nitrogen and oxygen atoms in total. The number of hydrogen-bond donors (Lipinski definition) is 1. The molecule has 0 atom stereocenters. The molecule has 0 aromatic heterocycles. The van der Waals surface area contributed by atoms with Gasteiger partial charge in [0.1, 0.15) is 5.75 Å². The molecule has 0 heterocycles. The third-order valence-corrected chi connectivity index (χ3v) is 2.72. The molecule has 1 N–H and O–H groups in total. The maximum absolute atomic E-state index is 11.4. The number of ether oxygens (including phenoxy) is 2. The summed E-state index contributed by atoms with van der Waals surface area (Å²) in [6.07, 6.45) is 0.250. The summed E-state index contributed by atoms with van der Waals surface area (Å²) in [4.78, 5) is 16.3. The van der Waals surface area contributed by atoms with Crippen molar-refractivity contribution in [3.05, 3.63) is 29.3 Å². The minimum Gasteiger partial charge on any atom is -0.493 e. The summed E-state index contributed by atoms with van der Waals surface area (Å²) in [6.45, 7) is 5.13. The fourth-order valence-electron chi connectivity index (χ4n) is 1.44. The highest BCUT2D eigenvalue weighted by atomic mass is 16.7. The van der Waals surface area contributed by atoms with E-state index in [1.54, 1.807) is 7.11 Å². The lowest BCUT2D eigenvalue weighted by Crippen LogP contribution is -2.26. The first-order valence-corrected chi connectivity index (χ1v) is 6.23. The number of carbonyl (C=O) groups is 1. The summed E-state index contributed by atoms with van der Waals surface area (Å²) < 4.78 is 10.4. The molecule has 0 aliphatic heterocycles. The fourth-order valence-corrected chi connectivity index (χ4v) is 1.44. The standard InChI is InChI=1S/C14H21NO4/c1-11-5-4-6-13(12(11)2)18-8-7-14(16)15-19-10-9-17-3/h4-6H,7-10H2,1-3H3,(H,15,16). The van der Waals surface area contributed by atoms with Crippen molar-refractivity contribution < 1.29 is 19.1 Å². The average molecular weight is 267 g/mol. The third-order valence-electron chi connectivity index (χ3n) is 2.72. The van der Waals surface area contributed by atoms with Gasteiger partial charge in [-0.15, -0.1) is 0 Å². The largest absolute Gasteiger partial charge is 0.493 e. The SMILES string of the molecule is COCCONC(=O)CCOc1cccc(C)c1C. The van der Waals surface area contributed by atoms with Gasteiger partial charge in [-0.25, -0.2) is 5.48 Å². The van der Waals surface area contributed by atoms with Crippen molar-refractivity contribution in [1.29, 1.82) is 0 Å². The van der Waals surface area contributed by atoms with Crippen LogP contribution >= 0.6 is 0 Å². The van der Waals surface area contributed by atoms with Gasteiger partial charge in [0.2, 0.25) is 5.91 Å². The van der Waals surface area contributed by atoms with Crippen molar-refractivity contribution in [1.82, 2.24) is 5.48 Å². The second-order valence-corrected chi connectivity index (χ2v) is 4.16. The van der Waals surface area contributed by atoms with Gasteiger partial charge in [-0.1, -0.05) is 12.1 Å². The van der Waals surface area contributed by atoms with E-state index in [9.17, 15) is 4.79 Å². The van der Waals surface area contributed by atoms with Crippen LogP contribution in [0.25, 0.3) is 0 Å². The lowest BCUT2D eigenvalue weighted by molar-refractivity contribution is -0.135. The van der Waals surface area contributed by atoms with E-state index in [1.807, 2.05) is 32.0 Å². The van der Waals surface area contributed by atoms with Gasteiger partial charge in [0.15, 0.2) is 0 Å². The van der Waals surface area contributed by atoms with E-state index in [0.29, 0.717) is 19.8 Å². The Hall–Kier alpha value is -1.59. The number of aryl methyl sites for hydroxylation is 1. The smallest absolute Gasteiger partial charge is 0.246 e. The van der Waals surface area contributed by atoms with Crippen LogP contribution in [0.15, 0.2) is 18.2 Å². The summed E-state index contributed by atoms with van der Waals surface area (Å²) in [6, 6.07) is 5.86. The molecule has 0 saturated carbocycles. The quantitative estimate of drug-likeness (QED) is 0.576. The van der Waals surface area contributed by atoms with Gasteiger partial charge in [0, 0.05) is 7.11 Å². The average Bonchev–Trinajstić information content (AvgIpc) is 2.40. The predicted molar refractivity (Wildman–Crippen MR) is 72.0 cm³/mol. The molecule has 0 aliphatic carbocycles. The van der Waals surface area contributed by atoms with Crippen LogP contribution in [0.2, 0.25) is 0 Å². The molecular weight excluding hydrogens is 246 g/mol. The highest BCUT2D eigenvalue weighted by Gasteiger charge is 2.04. The van der Waals surface area contributed by atoms with E-state index in [4.69, 9.17) is 14.3 Å². The zero-order valence-corrected chi connectivity index (χ0v) is 11.7. The lowest BCUT2D eigenvalue weighted by atomic mass is 10.1. The molecule has 5 heteroatoms. The molecule has 1 amide bonds. The Bertz CT molecular complexity index is 406. The first kappa shape index (κ1) is 15.5. The molecule has 1 rings (SSSR count). The van der Waals surface area contributed by atoms with Gasteiger partial charge in [-0.05, 0) is 31.0 Å². The fraction of sp³-hybridized carbons (Fsp3) is 0.500. The van der Waals surface area contributed by atoms with E-state index in [1.165, 1.54) is 5.56 Å². The van der Waals surface area contributed by atoms with Crippen LogP contribution < -0.4 is 10.2 Å². The van der Waals surface area contributed by atoms with E-state index in [0.717, 1.165) is 11.3 Å². The second-order valence-electron chi connectivity index (χ2n) is 4.16. The number of amides is 1. The van der Waals surface area contributed by atoms with E-state index in [2.05, 4.69) is 5.48 Å². The number of rotatable bonds is 8. The predicted octanol–water partition coefficient (Wildman–Crippen LogP) is 1.77. The molecule has 0 fully saturated rings. The van der Waals surface area contributed by atoms with Gasteiger partial charge in [-0.3, -0.25) is 9.63 Å². The molecule has 106 valence electrons. The summed E-state index contributed by atoms with van der Waals surface area (Å²) in [5, 5.41) is 0. The zero-order chi connectivity index (χ0) is 14.1. The van der Waals surface area contributed by atoms with E-state index >= 15 is 0 Å². The maximum atomic E-state index is 11.4. The Morgan fingerprint density at radius 2 is 2.00 bits per heavy atom. The highest BCUT2D eigenvalue weighted by Crippen LogP contribution is 2.20. The van der Waals surface area contributed by atoms with Crippen LogP contribution in [0, 0.1) is 13.8 Å². The van der Waals surface area contributed by atoms with E-state index in [-0.39, 0.29) is 12.3 Å². The molecule has 1 aromatic rings. The molecule has 0 saturated heterocycles. The van der Waals surface area contributed by atoms with E-state index < -0.39 is 0 Å². The van der Waals surface area contributed by atoms with Gasteiger partial charge >= 0.3 is 0 Å². The maximum Gasteiger partial charge on any atom is 0.246 e. The van der Waals surface area contributed by atoms with Gasteiger partial charge in [0.05, 0.1) is 26.2 Å². The topological polar surface area (TPSA) is 56.8 Å². The Labute approximate surface area is 113 Å². The summed E-state index contributed by atoms with van der Waals surface area (Å²) in [7, 11) is 1.57. The second kappa shape index (κ2) is 8.50. The van der Waals surface area contributed by atoms with Crippen molar-refractivity contribution in [2.45, 2.75) is 20.3 Å². The van der Waals surface area contributed by atoms with Crippen LogP contribution in [0.5, 0.6) is 5.75 Å². The number of hydroxylamine groups is 1. The molecule has 0 spiro atoms. The molecule has 1 aromatic carbocycles. The highest BCUT2D eigenvalue weighted by molar-refractivity contribution is 5.74. The van der Waals surface area contributed by atoms with Gasteiger partial charge in [0.25, 0.3) is 0 Å². The van der Waals surface area contributed by atoms with Crippen LogP contribution in [0.4, 0.5) is 0 Å². The molecule has 19 heavy (non-hydrogen) atoms.